The summed E-state index contributed by atoms with van der Waals surface area (Å²) in [6.07, 6.45) is -5.41. The molecule has 3 rings (SSSR count). The highest BCUT2D eigenvalue weighted by atomic mass is 19.4. The van der Waals surface area contributed by atoms with Crippen molar-refractivity contribution in [2.24, 2.45) is 0 Å². The molecule has 11 heteroatoms. The summed E-state index contributed by atoms with van der Waals surface area (Å²) in [5.74, 6) is -2.26. The molecule has 0 fully saturated rings. The maximum absolute atomic E-state index is 13.0. The van der Waals surface area contributed by atoms with Crippen molar-refractivity contribution in [3.8, 4) is 0 Å². The van der Waals surface area contributed by atoms with E-state index in [1.807, 2.05) is 5.32 Å². The quantitative estimate of drug-likeness (QED) is 0.784. The van der Waals surface area contributed by atoms with Crippen LogP contribution in [0.2, 0.25) is 0 Å². The number of nitrogens with zero attached hydrogens (tertiary/aromatic N) is 2. The zero-order chi connectivity index (χ0) is 20.2. The van der Waals surface area contributed by atoms with Crippen molar-refractivity contribution in [2.75, 3.05) is 5.32 Å². The molecule has 0 saturated carbocycles. The van der Waals surface area contributed by atoms with Crippen LogP contribution in [0.25, 0.3) is 16.7 Å². The molecule has 0 bridgehead atoms. The maximum Gasteiger partial charge on any atom is 0.426 e. The lowest BCUT2D eigenvalue weighted by Gasteiger charge is -2.25. The second-order valence-corrected chi connectivity index (χ2v) is 5.95. The van der Waals surface area contributed by atoms with Crippen LogP contribution in [-0.2, 0) is 11.0 Å². The predicted octanol–water partition coefficient (Wildman–Crippen LogP) is 3.72. The topological polar surface area (TPSA) is 67.2 Å². The van der Waals surface area contributed by atoms with Gasteiger partial charge in [0.25, 0.3) is 5.91 Å². The number of aromatic nitrogens is 2. The summed E-state index contributed by atoms with van der Waals surface area (Å²) in [6, 6.07) is 2.57. The van der Waals surface area contributed by atoms with Crippen LogP contribution >= 0.6 is 0 Å². The molecule has 1 aliphatic rings. The van der Waals surface area contributed by atoms with Crippen LogP contribution in [0.3, 0.4) is 0 Å². The largest absolute Gasteiger partial charge is 0.426 e. The van der Waals surface area contributed by atoms with E-state index >= 15 is 0 Å². The molecule has 0 unspecified atom stereocenters. The molecule has 1 aromatic carbocycles. The first-order valence-corrected chi connectivity index (χ1v) is 7.41. The number of hydrogen-bond acceptors (Lipinski definition) is 3. The fourth-order valence-electron chi connectivity index (χ4n) is 2.28. The Morgan fingerprint density at radius 1 is 1.19 bits per heavy atom. The Labute approximate surface area is 147 Å². The minimum atomic E-state index is -5.26. The lowest BCUT2D eigenvalue weighted by molar-refractivity contribution is -0.242. The van der Waals surface area contributed by atoms with E-state index in [-0.39, 0.29) is 18.0 Å². The van der Waals surface area contributed by atoms with Gasteiger partial charge >= 0.3 is 12.4 Å². The summed E-state index contributed by atoms with van der Waals surface area (Å²) in [5.41, 5.74) is -4.44. The summed E-state index contributed by atoms with van der Waals surface area (Å²) in [5, 5.41) is 11.3. The van der Waals surface area contributed by atoms with E-state index in [0.29, 0.717) is 5.70 Å². The number of anilines is 1. The van der Waals surface area contributed by atoms with Crippen LogP contribution in [0, 0.1) is 0 Å². The van der Waals surface area contributed by atoms with E-state index in [1.54, 1.807) is 6.08 Å². The molecule has 27 heavy (non-hydrogen) atoms. The van der Waals surface area contributed by atoms with Crippen molar-refractivity contribution in [2.45, 2.75) is 24.9 Å². The van der Waals surface area contributed by atoms with Gasteiger partial charge in [-0.1, -0.05) is 6.08 Å². The van der Waals surface area contributed by atoms with E-state index in [4.69, 9.17) is 0 Å². The number of rotatable bonds is 3. The van der Waals surface area contributed by atoms with Crippen molar-refractivity contribution in [1.82, 2.24) is 9.55 Å². The highest BCUT2D eigenvalue weighted by molar-refractivity contribution is 5.99. The Morgan fingerprint density at radius 2 is 1.81 bits per heavy atom. The number of fused-ring (bicyclic) bond motifs is 1. The number of carbonyl (C=O) groups is 1. The van der Waals surface area contributed by atoms with Crippen molar-refractivity contribution < 1.29 is 36.2 Å². The molecule has 0 aliphatic heterocycles. The third kappa shape index (κ3) is 3.18. The summed E-state index contributed by atoms with van der Waals surface area (Å²) in [6.45, 7) is 0.263. The Kier molecular flexibility index (Phi) is 4.10. The van der Waals surface area contributed by atoms with Crippen molar-refractivity contribution in [3.05, 3.63) is 42.0 Å². The normalized spacial score (nSPS) is 16.7. The van der Waals surface area contributed by atoms with Gasteiger partial charge in [-0.2, -0.15) is 26.3 Å². The highest BCUT2D eigenvalue weighted by Crippen LogP contribution is 2.35. The number of halogens is 6. The fourth-order valence-corrected chi connectivity index (χ4v) is 2.28. The Morgan fingerprint density at radius 3 is 2.30 bits per heavy atom. The second kappa shape index (κ2) is 5.84. The molecular formula is C16H11F6N3O2. The smallest absolute Gasteiger partial charge is 0.373 e. The number of nitrogens with one attached hydrogen (secondary N) is 1. The van der Waals surface area contributed by atoms with Crippen LogP contribution in [0.4, 0.5) is 32.3 Å². The van der Waals surface area contributed by atoms with E-state index in [9.17, 15) is 36.2 Å². The third-order valence-electron chi connectivity index (χ3n) is 3.99. The number of imidazole rings is 1. The number of carbonyl (C=O) groups excluding carboxylic acids is 1. The number of allylic oxidation sites excluding steroid dienone is 4. The third-order valence-corrected chi connectivity index (χ3v) is 3.99. The van der Waals surface area contributed by atoms with E-state index < -0.39 is 35.4 Å². The molecule has 1 aliphatic carbocycles. The average molecular weight is 391 g/mol. The van der Waals surface area contributed by atoms with Gasteiger partial charge in [-0.05, 0) is 37.3 Å². The van der Waals surface area contributed by atoms with Gasteiger partial charge in [0.05, 0.1) is 16.6 Å². The van der Waals surface area contributed by atoms with E-state index in [0.717, 1.165) is 22.8 Å². The standard InChI is InChI=1S/C16H11F6N3O2/c1-14(27,16(20,21)22)12(26)24-13-23-10-6-5-8(15(17,18)19)7-11(10)25(13)9-3-2-4-9/h2-7,27H,1H3,(H,23,24,26)/t14-/m1/s1. The van der Waals surface area contributed by atoms with Gasteiger partial charge in [-0.15, -0.1) is 0 Å². The zero-order valence-corrected chi connectivity index (χ0v) is 13.5. The number of aliphatic hydroxyl groups is 1. The fraction of sp³-hybridized carbons (Fsp3) is 0.250. The van der Waals surface area contributed by atoms with Gasteiger partial charge in [0.2, 0.25) is 11.5 Å². The van der Waals surface area contributed by atoms with Crippen molar-refractivity contribution in [3.63, 3.8) is 0 Å². The summed E-state index contributed by atoms with van der Waals surface area (Å²) in [7, 11) is 0. The van der Waals surface area contributed by atoms with E-state index in [2.05, 4.69) is 4.98 Å². The van der Waals surface area contributed by atoms with Crippen molar-refractivity contribution in [1.29, 1.82) is 0 Å². The minimum Gasteiger partial charge on any atom is -0.373 e. The Balaban J connectivity index is 2.09. The lowest BCUT2D eigenvalue weighted by Crippen LogP contribution is -2.52. The summed E-state index contributed by atoms with van der Waals surface area (Å²) in [4.78, 5) is 15.8. The second-order valence-electron chi connectivity index (χ2n) is 5.95. The number of benzene rings is 1. The molecule has 2 aromatic rings. The van der Waals surface area contributed by atoms with Gasteiger partial charge in [0, 0.05) is 5.70 Å². The van der Waals surface area contributed by atoms with Crippen LogP contribution in [0.1, 0.15) is 12.5 Å². The molecule has 2 N–H and O–H groups in total. The van der Waals surface area contributed by atoms with E-state index in [1.165, 1.54) is 12.2 Å². The van der Waals surface area contributed by atoms with Gasteiger partial charge in [0.15, 0.2) is 0 Å². The molecule has 5 nitrogen and oxygen atoms in total. The molecule has 1 atom stereocenters. The number of alkyl halides is 6. The number of hydrogen-bond donors (Lipinski definition) is 2. The predicted molar refractivity (Wildman–Crippen MR) is 83.5 cm³/mol. The molecule has 144 valence electrons. The van der Waals surface area contributed by atoms with Gasteiger partial charge in [0.1, 0.15) is 0 Å². The lowest BCUT2D eigenvalue weighted by atomic mass is 10.1. The van der Waals surface area contributed by atoms with Gasteiger partial charge in [-0.25, -0.2) is 4.98 Å². The number of amides is 1. The van der Waals surface area contributed by atoms with Crippen LogP contribution in [0.15, 0.2) is 36.4 Å². The molecular weight excluding hydrogens is 380 g/mol. The maximum atomic E-state index is 13.0. The molecule has 0 saturated heterocycles. The van der Waals surface area contributed by atoms with Crippen LogP contribution in [0.5, 0.6) is 0 Å². The van der Waals surface area contributed by atoms with Crippen molar-refractivity contribution >= 4 is 28.6 Å². The molecule has 1 heterocycles. The van der Waals surface area contributed by atoms with Gasteiger partial charge in [-0.3, -0.25) is 14.7 Å². The monoisotopic (exact) mass is 391 g/mol. The zero-order valence-electron chi connectivity index (χ0n) is 13.5. The van der Waals surface area contributed by atoms with Crippen LogP contribution in [-0.4, -0.2) is 32.3 Å². The average Bonchev–Trinajstić information content (AvgIpc) is 2.81. The summed E-state index contributed by atoms with van der Waals surface area (Å²) < 4.78 is 78.4. The first kappa shape index (κ1) is 19.0. The Hall–Kier alpha value is -2.82. The summed E-state index contributed by atoms with van der Waals surface area (Å²) >= 11 is 0. The first-order chi connectivity index (χ1) is 12.3. The molecule has 0 radical (unpaired) electrons. The highest BCUT2D eigenvalue weighted by Gasteiger charge is 2.56. The SMILES string of the molecule is C[C@@](O)(C(=O)Nc1nc2ccc(C(F)(F)F)cc2n1C1=CC=C1)C(F)(F)F. The van der Waals surface area contributed by atoms with Gasteiger partial charge < -0.3 is 5.11 Å². The Bertz CT molecular complexity index is 982. The molecule has 1 aromatic heterocycles. The minimum absolute atomic E-state index is 0.0196. The molecule has 0 spiro atoms. The first-order valence-electron chi connectivity index (χ1n) is 7.41. The molecule has 1 amide bonds. The van der Waals surface area contributed by atoms with Crippen LogP contribution < -0.4 is 5.32 Å².